The zero-order valence-electron chi connectivity index (χ0n) is 12.0. The summed E-state index contributed by atoms with van der Waals surface area (Å²) in [5, 5.41) is 13.1. The maximum atomic E-state index is 9.36. The van der Waals surface area contributed by atoms with Gasteiger partial charge in [0, 0.05) is 6.04 Å². The minimum absolute atomic E-state index is 0.158. The lowest BCUT2D eigenvalue weighted by molar-refractivity contribution is 0.140. The van der Waals surface area contributed by atoms with E-state index in [-0.39, 0.29) is 6.10 Å². The Labute approximate surface area is 113 Å². The summed E-state index contributed by atoms with van der Waals surface area (Å²) in [6.07, 6.45) is 13.7. The van der Waals surface area contributed by atoms with E-state index >= 15 is 0 Å². The quantitative estimate of drug-likeness (QED) is 0.786. The smallest absolute Gasteiger partial charge is 0.0524 e. The third kappa shape index (κ3) is 4.24. The van der Waals surface area contributed by atoms with Crippen LogP contribution in [0.15, 0.2) is 0 Å². The molecule has 0 bridgehead atoms. The highest BCUT2D eigenvalue weighted by molar-refractivity contribution is 4.86. The van der Waals surface area contributed by atoms with Crippen LogP contribution in [0, 0.1) is 11.8 Å². The Morgan fingerprint density at radius 2 is 1.67 bits per heavy atom. The van der Waals surface area contributed by atoms with Gasteiger partial charge in [-0.05, 0) is 44.6 Å². The Hall–Kier alpha value is -0.0800. The van der Waals surface area contributed by atoms with Gasteiger partial charge in [0.05, 0.1) is 6.10 Å². The predicted octanol–water partition coefficient (Wildman–Crippen LogP) is 3.49. The van der Waals surface area contributed by atoms with Crippen LogP contribution in [0.1, 0.15) is 71.1 Å². The molecule has 2 nitrogen and oxygen atoms in total. The standard InChI is InChI=1S/C16H31NO/c1-13(18)11-12-17-16-10-6-5-9-15(16)14-7-3-2-4-8-14/h13-18H,2-12H2,1H3. The summed E-state index contributed by atoms with van der Waals surface area (Å²) in [6, 6.07) is 0.737. The molecule has 0 spiro atoms. The van der Waals surface area contributed by atoms with E-state index in [1.165, 1.54) is 57.8 Å². The Bertz CT molecular complexity index is 223. The van der Waals surface area contributed by atoms with Crippen LogP contribution in [0.5, 0.6) is 0 Å². The van der Waals surface area contributed by atoms with Gasteiger partial charge in [0.15, 0.2) is 0 Å². The minimum Gasteiger partial charge on any atom is -0.393 e. The van der Waals surface area contributed by atoms with Crippen molar-refractivity contribution >= 4 is 0 Å². The van der Waals surface area contributed by atoms with E-state index in [1.54, 1.807) is 0 Å². The number of rotatable bonds is 5. The molecule has 0 saturated heterocycles. The van der Waals surface area contributed by atoms with Gasteiger partial charge in [-0.1, -0.05) is 44.9 Å². The SMILES string of the molecule is CC(O)CCNC1CCCCC1C1CCCCC1. The molecule has 0 radical (unpaired) electrons. The molecule has 0 amide bonds. The van der Waals surface area contributed by atoms with Crippen LogP contribution in [0.3, 0.4) is 0 Å². The zero-order chi connectivity index (χ0) is 12.8. The molecule has 0 aromatic rings. The van der Waals surface area contributed by atoms with Crippen molar-refractivity contribution in [2.75, 3.05) is 6.54 Å². The maximum absolute atomic E-state index is 9.36. The van der Waals surface area contributed by atoms with E-state index in [2.05, 4.69) is 5.32 Å². The highest BCUT2D eigenvalue weighted by Crippen LogP contribution is 2.38. The molecule has 0 heterocycles. The van der Waals surface area contributed by atoms with E-state index < -0.39 is 0 Å². The number of aliphatic hydroxyl groups excluding tert-OH is 1. The molecule has 18 heavy (non-hydrogen) atoms. The molecule has 106 valence electrons. The molecule has 3 atom stereocenters. The predicted molar refractivity (Wildman–Crippen MR) is 76.6 cm³/mol. The summed E-state index contributed by atoms with van der Waals surface area (Å²) >= 11 is 0. The van der Waals surface area contributed by atoms with Gasteiger partial charge in [-0.3, -0.25) is 0 Å². The Morgan fingerprint density at radius 3 is 2.39 bits per heavy atom. The fraction of sp³-hybridized carbons (Fsp3) is 1.00. The molecule has 3 unspecified atom stereocenters. The monoisotopic (exact) mass is 253 g/mol. The lowest BCUT2D eigenvalue weighted by atomic mass is 9.71. The summed E-state index contributed by atoms with van der Waals surface area (Å²) < 4.78 is 0. The third-order valence-corrected chi connectivity index (χ3v) is 5.04. The topological polar surface area (TPSA) is 32.3 Å². The molecule has 2 heteroatoms. The van der Waals surface area contributed by atoms with E-state index in [4.69, 9.17) is 0 Å². The second kappa shape index (κ2) is 7.49. The summed E-state index contributed by atoms with van der Waals surface area (Å²) in [5.41, 5.74) is 0. The van der Waals surface area contributed by atoms with Crippen LogP contribution < -0.4 is 5.32 Å². The first-order chi connectivity index (χ1) is 8.77. The highest BCUT2D eigenvalue weighted by atomic mass is 16.3. The van der Waals surface area contributed by atoms with E-state index in [9.17, 15) is 5.11 Å². The Balaban J connectivity index is 1.80. The van der Waals surface area contributed by atoms with Crippen molar-refractivity contribution in [1.29, 1.82) is 0 Å². The lowest BCUT2D eigenvalue weighted by Gasteiger charge is -2.39. The van der Waals surface area contributed by atoms with Crippen molar-refractivity contribution < 1.29 is 5.11 Å². The number of hydrogen-bond acceptors (Lipinski definition) is 2. The van der Waals surface area contributed by atoms with Gasteiger partial charge in [-0.25, -0.2) is 0 Å². The van der Waals surface area contributed by atoms with Crippen LogP contribution >= 0.6 is 0 Å². The first kappa shape index (κ1) is 14.3. The van der Waals surface area contributed by atoms with Crippen molar-refractivity contribution in [1.82, 2.24) is 5.32 Å². The molecular weight excluding hydrogens is 222 g/mol. The number of hydrogen-bond donors (Lipinski definition) is 2. The molecule has 2 rings (SSSR count). The maximum Gasteiger partial charge on any atom is 0.0524 e. The summed E-state index contributed by atoms with van der Waals surface area (Å²) in [4.78, 5) is 0. The van der Waals surface area contributed by atoms with Crippen LogP contribution in [0.25, 0.3) is 0 Å². The van der Waals surface area contributed by atoms with Crippen molar-refractivity contribution in [2.24, 2.45) is 11.8 Å². The molecule has 2 N–H and O–H groups in total. The second-order valence-corrected chi connectivity index (χ2v) is 6.54. The van der Waals surface area contributed by atoms with Gasteiger partial charge in [0.1, 0.15) is 0 Å². The summed E-state index contributed by atoms with van der Waals surface area (Å²) in [6.45, 7) is 2.88. The van der Waals surface area contributed by atoms with Crippen LogP contribution in [-0.2, 0) is 0 Å². The normalized spacial score (nSPS) is 32.3. The number of aliphatic hydroxyl groups is 1. The molecule has 0 aliphatic heterocycles. The van der Waals surface area contributed by atoms with Crippen LogP contribution in [-0.4, -0.2) is 23.8 Å². The van der Waals surface area contributed by atoms with E-state index in [0.717, 1.165) is 30.8 Å². The zero-order valence-corrected chi connectivity index (χ0v) is 12.0. The van der Waals surface area contributed by atoms with Gasteiger partial charge in [-0.15, -0.1) is 0 Å². The van der Waals surface area contributed by atoms with Crippen LogP contribution in [0.4, 0.5) is 0 Å². The van der Waals surface area contributed by atoms with Crippen molar-refractivity contribution in [3.63, 3.8) is 0 Å². The highest BCUT2D eigenvalue weighted by Gasteiger charge is 2.31. The molecule has 0 aromatic carbocycles. The molecule has 0 aromatic heterocycles. The first-order valence-corrected chi connectivity index (χ1v) is 8.19. The Kier molecular flexibility index (Phi) is 5.97. The first-order valence-electron chi connectivity index (χ1n) is 8.19. The van der Waals surface area contributed by atoms with Gasteiger partial charge >= 0.3 is 0 Å². The fourth-order valence-corrected chi connectivity index (χ4v) is 4.02. The molecule has 2 fully saturated rings. The van der Waals surface area contributed by atoms with Gasteiger partial charge in [-0.2, -0.15) is 0 Å². The minimum atomic E-state index is -0.158. The molecular formula is C16H31NO. The largest absolute Gasteiger partial charge is 0.393 e. The van der Waals surface area contributed by atoms with Crippen molar-refractivity contribution in [3.8, 4) is 0 Å². The fourth-order valence-electron chi connectivity index (χ4n) is 4.02. The van der Waals surface area contributed by atoms with Crippen molar-refractivity contribution in [3.05, 3.63) is 0 Å². The van der Waals surface area contributed by atoms with Crippen molar-refractivity contribution in [2.45, 2.75) is 83.3 Å². The molecule has 2 aliphatic rings. The average molecular weight is 253 g/mol. The lowest BCUT2D eigenvalue weighted by Crippen LogP contribution is -2.43. The molecule has 2 saturated carbocycles. The summed E-state index contributed by atoms with van der Waals surface area (Å²) in [7, 11) is 0. The van der Waals surface area contributed by atoms with E-state index in [1.807, 2.05) is 6.92 Å². The molecule has 2 aliphatic carbocycles. The third-order valence-electron chi connectivity index (χ3n) is 5.04. The van der Waals surface area contributed by atoms with Crippen LogP contribution in [0.2, 0.25) is 0 Å². The average Bonchev–Trinajstić information content (AvgIpc) is 2.40. The second-order valence-electron chi connectivity index (χ2n) is 6.54. The Morgan fingerprint density at radius 1 is 1.00 bits per heavy atom. The van der Waals surface area contributed by atoms with Gasteiger partial charge < -0.3 is 10.4 Å². The van der Waals surface area contributed by atoms with Gasteiger partial charge in [0.25, 0.3) is 0 Å². The van der Waals surface area contributed by atoms with E-state index in [0.29, 0.717) is 0 Å². The summed E-state index contributed by atoms with van der Waals surface area (Å²) in [5.74, 6) is 1.91. The van der Waals surface area contributed by atoms with Gasteiger partial charge in [0.2, 0.25) is 0 Å². The number of nitrogens with one attached hydrogen (secondary N) is 1.